The maximum absolute atomic E-state index is 12.6. The molecule has 0 aromatic heterocycles. The van der Waals surface area contributed by atoms with E-state index in [2.05, 4.69) is 40.7 Å². The SMILES string of the molecule is C[C@H]1CC[C@@H]2C=C(C(C)(C)C)C(=O)[C@]2(C)C1. The molecule has 3 atom stereocenters. The lowest BCUT2D eigenvalue weighted by Crippen LogP contribution is -2.37. The number of hydrogen-bond acceptors (Lipinski definition) is 1. The summed E-state index contributed by atoms with van der Waals surface area (Å²) in [6.45, 7) is 10.9. The number of carbonyl (C=O) groups is 1. The molecular weight excluding hydrogens is 196 g/mol. The minimum Gasteiger partial charge on any atom is -0.294 e. The largest absolute Gasteiger partial charge is 0.294 e. The van der Waals surface area contributed by atoms with Gasteiger partial charge in [0.25, 0.3) is 0 Å². The van der Waals surface area contributed by atoms with Gasteiger partial charge in [-0.25, -0.2) is 0 Å². The molecule has 0 unspecified atom stereocenters. The summed E-state index contributed by atoms with van der Waals surface area (Å²) >= 11 is 0. The number of ketones is 1. The van der Waals surface area contributed by atoms with Crippen LogP contribution in [0.5, 0.6) is 0 Å². The summed E-state index contributed by atoms with van der Waals surface area (Å²) in [5.41, 5.74) is 1.01. The van der Waals surface area contributed by atoms with Gasteiger partial charge in [0, 0.05) is 5.41 Å². The Kier molecular flexibility index (Phi) is 2.56. The van der Waals surface area contributed by atoms with Crippen molar-refractivity contribution in [2.45, 2.75) is 53.9 Å². The Morgan fingerprint density at radius 2 is 1.94 bits per heavy atom. The lowest BCUT2D eigenvalue weighted by Gasteiger charge is -2.38. The van der Waals surface area contributed by atoms with Gasteiger partial charge in [-0.2, -0.15) is 0 Å². The number of carbonyl (C=O) groups excluding carboxylic acids is 1. The first kappa shape index (κ1) is 11.9. The van der Waals surface area contributed by atoms with E-state index in [0.29, 0.717) is 17.6 Å². The van der Waals surface area contributed by atoms with Gasteiger partial charge < -0.3 is 0 Å². The molecule has 1 heteroatoms. The third-order valence-corrected chi connectivity index (χ3v) is 4.50. The predicted octanol–water partition coefficient (Wildman–Crippen LogP) is 3.98. The Bertz CT molecular complexity index is 345. The Morgan fingerprint density at radius 1 is 1.31 bits per heavy atom. The van der Waals surface area contributed by atoms with Crippen molar-refractivity contribution < 1.29 is 4.79 Å². The Labute approximate surface area is 99.3 Å². The molecule has 0 radical (unpaired) electrons. The van der Waals surface area contributed by atoms with Crippen LogP contribution in [0.1, 0.15) is 53.9 Å². The second-order valence-corrected chi connectivity index (χ2v) is 7.07. The van der Waals surface area contributed by atoms with Gasteiger partial charge in [-0.3, -0.25) is 4.79 Å². The Hall–Kier alpha value is -0.590. The van der Waals surface area contributed by atoms with Crippen LogP contribution in [-0.2, 0) is 4.79 Å². The van der Waals surface area contributed by atoms with Gasteiger partial charge in [0.05, 0.1) is 0 Å². The highest BCUT2D eigenvalue weighted by atomic mass is 16.1. The van der Waals surface area contributed by atoms with Gasteiger partial charge in [-0.1, -0.05) is 47.1 Å². The molecule has 0 spiro atoms. The summed E-state index contributed by atoms with van der Waals surface area (Å²) < 4.78 is 0. The average molecular weight is 220 g/mol. The van der Waals surface area contributed by atoms with Crippen molar-refractivity contribution in [2.24, 2.45) is 22.7 Å². The molecule has 0 saturated heterocycles. The molecule has 90 valence electrons. The number of Topliss-reactive ketones (excluding diaryl/α,β-unsaturated/α-hetero) is 1. The summed E-state index contributed by atoms with van der Waals surface area (Å²) in [5.74, 6) is 1.64. The minimum absolute atomic E-state index is 0.0146. The van der Waals surface area contributed by atoms with Crippen LogP contribution in [0.2, 0.25) is 0 Å². The third-order valence-electron chi connectivity index (χ3n) is 4.50. The zero-order valence-corrected chi connectivity index (χ0v) is 11.3. The fraction of sp³-hybridized carbons (Fsp3) is 0.800. The zero-order chi connectivity index (χ0) is 12.1. The number of rotatable bonds is 0. The molecule has 16 heavy (non-hydrogen) atoms. The molecule has 0 N–H and O–H groups in total. The first-order valence-corrected chi connectivity index (χ1v) is 6.52. The van der Waals surface area contributed by atoms with Crippen molar-refractivity contribution in [1.29, 1.82) is 0 Å². The minimum atomic E-state index is -0.0831. The highest BCUT2D eigenvalue weighted by Gasteiger charge is 2.50. The summed E-state index contributed by atoms with van der Waals surface area (Å²) in [6, 6.07) is 0. The molecule has 1 fully saturated rings. The van der Waals surface area contributed by atoms with Crippen molar-refractivity contribution in [3.63, 3.8) is 0 Å². The van der Waals surface area contributed by atoms with Crippen LogP contribution >= 0.6 is 0 Å². The standard InChI is InChI=1S/C15H24O/c1-10-6-7-11-8-12(14(2,3)4)13(16)15(11,5)9-10/h8,10-11H,6-7,9H2,1-5H3/t10-,11+,15+/m0/s1. The van der Waals surface area contributed by atoms with Crippen molar-refractivity contribution in [1.82, 2.24) is 0 Å². The van der Waals surface area contributed by atoms with Crippen LogP contribution in [0.25, 0.3) is 0 Å². The molecule has 2 aliphatic rings. The number of fused-ring (bicyclic) bond motifs is 1. The molecule has 1 saturated carbocycles. The van der Waals surface area contributed by atoms with Gasteiger partial charge in [0.1, 0.15) is 0 Å². The van der Waals surface area contributed by atoms with E-state index in [1.807, 2.05) is 0 Å². The van der Waals surface area contributed by atoms with E-state index in [0.717, 1.165) is 12.0 Å². The molecule has 2 aliphatic carbocycles. The van der Waals surface area contributed by atoms with Crippen LogP contribution < -0.4 is 0 Å². The first-order chi connectivity index (χ1) is 7.25. The lowest BCUT2D eigenvalue weighted by molar-refractivity contribution is -0.127. The van der Waals surface area contributed by atoms with Crippen molar-refractivity contribution in [3.05, 3.63) is 11.6 Å². The molecule has 0 aromatic carbocycles. The summed E-state index contributed by atoms with van der Waals surface area (Å²) in [5, 5.41) is 0. The third kappa shape index (κ3) is 1.65. The van der Waals surface area contributed by atoms with Gasteiger partial charge in [-0.15, -0.1) is 0 Å². The second-order valence-electron chi connectivity index (χ2n) is 7.07. The maximum Gasteiger partial charge on any atom is 0.165 e. The molecule has 0 aliphatic heterocycles. The van der Waals surface area contributed by atoms with E-state index in [1.54, 1.807) is 0 Å². The fourth-order valence-electron chi connectivity index (χ4n) is 3.46. The summed E-state index contributed by atoms with van der Waals surface area (Å²) in [6.07, 6.45) is 5.84. The Balaban J connectivity index is 2.34. The van der Waals surface area contributed by atoms with Crippen molar-refractivity contribution in [2.75, 3.05) is 0 Å². The molecule has 2 rings (SSSR count). The van der Waals surface area contributed by atoms with Crippen molar-refractivity contribution in [3.8, 4) is 0 Å². The lowest BCUT2D eigenvalue weighted by atomic mass is 9.64. The quantitative estimate of drug-likeness (QED) is 0.603. The molecule has 0 aromatic rings. The average Bonchev–Trinajstić information content (AvgIpc) is 2.38. The van der Waals surface area contributed by atoms with E-state index >= 15 is 0 Å². The monoisotopic (exact) mass is 220 g/mol. The zero-order valence-electron chi connectivity index (χ0n) is 11.3. The van der Waals surface area contributed by atoms with Crippen LogP contribution in [0, 0.1) is 22.7 Å². The van der Waals surface area contributed by atoms with E-state index in [9.17, 15) is 4.79 Å². The van der Waals surface area contributed by atoms with E-state index < -0.39 is 0 Å². The van der Waals surface area contributed by atoms with Gasteiger partial charge >= 0.3 is 0 Å². The normalized spacial score (nSPS) is 39.6. The second kappa shape index (κ2) is 3.45. The molecule has 0 amide bonds. The fourth-order valence-corrected chi connectivity index (χ4v) is 3.46. The maximum atomic E-state index is 12.6. The molecule has 1 nitrogen and oxygen atoms in total. The van der Waals surface area contributed by atoms with E-state index in [-0.39, 0.29) is 10.8 Å². The molecular formula is C15H24O. The molecule has 0 heterocycles. The van der Waals surface area contributed by atoms with Crippen LogP contribution in [0.15, 0.2) is 11.6 Å². The number of hydrogen-bond donors (Lipinski definition) is 0. The van der Waals surface area contributed by atoms with E-state index in [1.165, 1.54) is 12.8 Å². The van der Waals surface area contributed by atoms with Gasteiger partial charge in [-0.05, 0) is 35.7 Å². The highest BCUT2D eigenvalue weighted by Crippen LogP contribution is 2.53. The summed E-state index contributed by atoms with van der Waals surface area (Å²) in [7, 11) is 0. The highest BCUT2D eigenvalue weighted by molar-refractivity contribution is 6.03. The first-order valence-electron chi connectivity index (χ1n) is 6.52. The number of allylic oxidation sites excluding steroid dienone is 2. The van der Waals surface area contributed by atoms with Gasteiger partial charge in [0.15, 0.2) is 5.78 Å². The smallest absolute Gasteiger partial charge is 0.165 e. The summed E-state index contributed by atoms with van der Waals surface area (Å²) in [4.78, 5) is 12.6. The van der Waals surface area contributed by atoms with Gasteiger partial charge in [0.2, 0.25) is 0 Å². The van der Waals surface area contributed by atoms with Crippen molar-refractivity contribution >= 4 is 5.78 Å². The molecule has 0 bridgehead atoms. The van der Waals surface area contributed by atoms with E-state index in [4.69, 9.17) is 0 Å². The van der Waals surface area contributed by atoms with Crippen LogP contribution in [-0.4, -0.2) is 5.78 Å². The van der Waals surface area contributed by atoms with Crippen LogP contribution in [0.4, 0.5) is 0 Å². The Morgan fingerprint density at radius 3 is 2.50 bits per heavy atom. The van der Waals surface area contributed by atoms with Crippen LogP contribution in [0.3, 0.4) is 0 Å². The topological polar surface area (TPSA) is 17.1 Å². The predicted molar refractivity (Wildman–Crippen MR) is 67.2 cm³/mol.